The van der Waals surface area contributed by atoms with Crippen LogP contribution >= 0.6 is 0 Å². The molecule has 154 valence electrons. The van der Waals surface area contributed by atoms with Gasteiger partial charge in [0.1, 0.15) is 0 Å². The molecule has 0 atom stereocenters. The van der Waals surface area contributed by atoms with Gasteiger partial charge in [0.25, 0.3) is 0 Å². The molecule has 3 aliphatic rings. The molecule has 6 nitrogen and oxygen atoms in total. The SMILES string of the molecule is COc1ccc2[n+](c1OCCCN1CCCCC1)CCc1cc3c(cc1-2)OCO3. The normalized spacial score (nSPS) is 17.6. The minimum absolute atomic E-state index is 0.298. The van der Waals surface area contributed by atoms with Crippen LogP contribution < -0.4 is 23.5 Å². The van der Waals surface area contributed by atoms with Crippen LogP contribution in [0.25, 0.3) is 11.3 Å². The van der Waals surface area contributed by atoms with Gasteiger partial charge in [-0.15, -0.1) is 0 Å². The number of pyridine rings is 1. The Morgan fingerprint density at radius 3 is 2.72 bits per heavy atom. The smallest absolute Gasteiger partial charge is 0.411 e. The van der Waals surface area contributed by atoms with Gasteiger partial charge >= 0.3 is 5.88 Å². The molecular weight excluding hydrogens is 368 g/mol. The van der Waals surface area contributed by atoms with E-state index < -0.39 is 0 Å². The Hall–Kier alpha value is -2.47. The zero-order valence-corrected chi connectivity index (χ0v) is 17.1. The molecule has 1 aromatic heterocycles. The Morgan fingerprint density at radius 2 is 1.90 bits per heavy atom. The first kappa shape index (κ1) is 18.6. The van der Waals surface area contributed by atoms with E-state index in [-0.39, 0.29) is 0 Å². The number of likely N-dealkylation sites (tertiary alicyclic amines) is 1. The first-order valence-corrected chi connectivity index (χ1v) is 10.7. The lowest BCUT2D eigenvalue weighted by Gasteiger charge is -2.26. The highest BCUT2D eigenvalue weighted by Gasteiger charge is 2.32. The second kappa shape index (κ2) is 8.11. The first-order chi connectivity index (χ1) is 14.3. The second-order valence-electron chi connectivity index (χ2n) is 7.96. The number of fused-ring (bicyclic) bond motifs is 4. The highest BCUT2D eigenvalue weighted by Crippen LogP contribution is 2.40. The van der Waals surface area contributed by atoms with E-state index in [4.69, 9.17) is 18.9 Å². The lowest BCUT2D eigenvalue weighted by Crippen LogP contribution is -2.42. The largest absolute Gasteiger partial charge is 0.488 e. The van der Waals surface area contributed by atoms with Crippen LogP contribution in [-0.2, 0) is 13.0 Å². The monoisotopic (exact) mass is 397 g/mol. The van der Waals surface area contributed by atoms with Crippen molar-refractivity contribution in [1.82, 2.24) is 4.90 Å². The molecule has 0 spiro atoms. The van der Waals surface area contributed by atoms with Crippen LogP contribution in [0.1, 0.15) is 31.2 Å². The van der Waals surface area contributed by atoms with E-state index in [0.29, 0.717) is 13.4 Å². The fourth-order valence-corrected chi connectivity index (χ4v) is 4.62. The van der Waals surface area contributed by atoms with Crippen LogP contribution in [0.15, 0.2) is 24.3 Å². The number of benzene rings is 1. The Kier molecular flexibility index (Phi) is 5.19. The zero-order valence-electron chi connectivity index (χ0n) is 17.1. The lowest BCUT2D eigenvalue weighted by atomic mass is 9.96. The molecule has 4 heterocycles. The van der Waals surface area contributed by atoms with Crippen molar-refractivity contribution in [3.63, 3.8) is 0 Å². The lowest BCUT2D eigenvalue weighted by molar-refractivity contribution is -0.693. The van der Waals surface area contributed by atoms with Gasteiger partial charge in [0.15, 0.2) is 18.0 Å². The van der Waals surface area contributed by atoms with E-state index in [1.54, 1.807) is 7.11 Å². The average Bonchev–Trinajstić information content (AvgIpc) is 3.23. The molecule has 1 fully saturated rings. The van der Waals surface area contributed by atoms with Crippen molar-refractivity contribution in [2.75, 3.05) is 40.1 Å². The summed E-state index contributed by atoms with van der Waals surface area (Å²) >= 11 is 0. The predicted molar refractivity (Wildman–Crippen MR) is 109 cm³/mol. The molecule has 0 amide bonds. The molecule has 0 unspecified atom stereocenters. The van der Waals surface area contributed by atoms with Gasteiger partial charge in [-0.2, -0.15) is 4.57 Å². The summed E-state index contributed by atoms with van der Waals surface area (Å²) in [5.74, 6) is 3.28. The van der Waals surface area contributed by atoms with Gasteiger partial charge in [-0.3, -0.25) is 0 Å². The molecule has 1 saturated heterocycles. The maximum atomic E-state index is 6.28. The van der Waals surface area contributed by atoms with Crippen molar-refractivity contribution >= 4 is 0 Å². The molecular formula is C23H29N2O4+. The van der Waals surface area contributed by atoms with Gasteiger partial charge in [-0.25, -0.2) is 0 Å². The summed E-state index contributed by atoms with van der Waals surface area (Å²) in [6.45, 7) is 5.42. The van der Waals surface area contributed by atoms with E-state index in [0.717, 1.165) is 54.8 Å². The first-order valence-electron chi connectivity index (χ1n) is 10.7. The molecule has 1 aromatic carbocycles. The molecule has 0 saturated carbocycles. The third kappa shape index (κ3) is 3.62. The molecule has 5 rings (SSSR count). The third-order valence-corrected chi connectivity index (χ3v) is 6.14. The zero-order chi connectivity index (χ0) is 19.6. The van der Waals surface area contributed by atoms with Crippen LogP contribution in [-0.4, -0.2) is 45.0 Å². The van der Waals surface area contributed by atoms with Gasteiger partial charge in [0.05, 0.1) is 19.3 Å². The summed E-state index contributed by atoms with van der Waals surface area (Å²) < 4.78 is 25.3. The predicted octanol–water partition coefficient (Wildman–Crippen LogP) is 3.19. The van der Waals surface area contributed by atoms with Crippen molar-refractivity contribution in [3.8, 4) is 34.4 Å². The number of hydrogen-bond acceptors (Lipinski definition) is 5. The van der Waals surface area contributed by atoms with Crippen LogP contribution in [0.3, 0.4) is 0 Å². The third-order valence-electron chi connectivity index (χ3n) is 6.14. The number of hydrogen-bond donors (Lipinski definition) is 0. The van der Waals surface area contributed by atoms with Crippen molar-refractivity contribution in [2.24, 2.45) is 0 Å². The molecule has 0 N–H and O–H groups in total. The Morgan fingerprint density at radius 1 is 1.07 bits per heavy atom. The fourth-order valence-electron chi connectivity index (χ4n) is 4.62. The molecule has 0 bridgehead atoms. The van der Waals surface area contributed by atoms with Gasteiger partial charge in [0.2, 0.25) is 18.2 Å². The Balaban J connectivity index is 1.36. The second-order valence-corrected chi connectivity index (χ2v) is 7.96. The van der Waals surface area contributed by atoms with E-state index in [9.17, 15) is 0 Å². The standard InChI is InChI=1S/C23H29N2O4/c1-26-20-7-6-19-18-15-22-21(28-16-29-22)14-17(18)8-12-25(19)23(20)27-13-5-11-24-9-3-2-4-10-24/h6-7,14-15H,2-5,8-13,16H2,1H3/q+1. The highest BCUT2D eigenvalue weighted by atomic mass is 16.7. The van der Waals surface area contributed by atoms with Crippen molar-refractivity contribution in [2.45, 2.75) is 38.6 Å². The quantitative estimate of drug-likeness (QED) is 0.553. The summed E-state index contributed by atoms with van der Waals surface area (Å²) in [6, 6.07) is 8.32. The highest BCUT2D eigenvalue weighted by molar-refractivity contribution is 5.68. The maximum Gasteiger partial charge on any atom is 0.411 e. The number of methoxy groups -OCH3 is 1. The summed E-state index contributed by atoms with van der Waals surface area (Å²) in [4.78, 5) is 2.55. The fraction of sp³-hybridized carbons (Fsp3) is 0.522. The van der Waals surface area contributed by atoms with E-state index in [1.807, 2.05) is 6.07 Å². The van der Waals surface area contributed by atoms with E-state index >= 15 is 0 Å². The number of nitrogens with zero attached hydrogens (tertiary/aromatic N) is 2. The van der Waals surface area contributed by atoms with Crippen LogP contribution in [0.2, 0.25) is 0 Å². The summed E-state index contributed by atoms with van der Waals surface area (Å²) in [6.07, 6.45) is 5.99. The summed E-state index contributed by atoms with van der Waals surface area (Å²) in [5.41, 5.74) is 3.60. The Bertz CT molecular complexity index is 893. The molecule has 3 aliphatic heterocycles. The molecule has 6 heteroatoms. The van der Waals surface area contributed by atoms with Crippen LogP contribution in [0.4, 0.5) is 0 Å². The molecule has 29 heavy (non-hydrogen) atoms. The Labute approximate surface area is 171 Å². The van der Waals surface area contributed by atoms with Crippen molar-refractivity contribution in [3.05, 3.63) is 29.8 Å². The minimum atomic E-state index is 0.298. The minimum Gasteiger partial charge on any atom is -0.488 e. The molecule has 2 aromatic rings. The average molecular weight is 397 g/mol. The van der Waals surface area contributed by atoms with Crippen LogP contribution in [0.5, 0.6) is 23.1 Å². The summed E-state index contributed by atoms with van der Waals surface area (Å²) in [7, 11) is 1.71. The number of piperidine rings is 1. The number of ether oxygens (including phenoxy) is 4. The van der Waals surface area contributed by atoms with E-state index in [1.165, 1.54) is 43.5 Å². The van der Waals surface area contributed by atoms with Gasteiger partial charge in [0, 0.05) is 19.0 Å². The van der Waals surface area contributed by atoms with Gasteiger partial charge in [-0.1, -0.05) is 6.42 Å². The topological polar surface area (TPSA) is 44.0 Å². The number of aromatic nitrogens is 1. The number of rotatable bonds is 6. The van der Waals surface area contributed by atoms with Crippen molar-refractivity contribution in [1.29, 1.82) is 0 Å². The molecule has 0 radical (unpaired) electrons. The van der Waals surface area contributed by atoms with Gasteiger partial charge in [-0.05, 0) is 56.1 Å². The molecule has 0 aliphatic carbocycles. The maximum absolute atomic E-state index is 6.28. The number of aryl methyl sites for hydroxylation is 1. The van der Waals surface area contributed by atoms with Crippen molar-refractivity contribution < 1.29 is 23.5 Å². The summed E-state index contributed by atoms with van der Waals surface area (Å²) in [5, 5.41) is 0. The van der Waals surface area contributed by atoms with E-state index in [2.05, 4.69) is 27.7 Å². The van der Waals surface area contributed by atoms with Gasteiger partial charge < -0.3 is 23.8 Å². The van der Waals surface area contributed by atoms with Crippen LogP contribution in [0, 0.1) is 0 Å².